The molecule has 0 aromatic carbocycles. The molecule has 12 heavy (non-hydrogen) atoms. The monoisotopic (exact) mass is 159 g/mol. The van der Waals surface area contributed by atoms with Crippen LogP contribution in [0.4, 0.5) is 0 Å². The first kappa shape index (κ1) is 7.03. The maximum Gasteiger partial charge on any atom is 0.160 e. The Labute approximate surface area is 70.4 Å². The fourth-order valence-electron chi connectivity index (χ4n) is 1.17. The molecule has 0 spiro atoms. The number of rotatable bonds is 2. The van der Waals surface area contributed by atoms with Crippen LogP contribution in [-0.2, 0) is 6.54 Å². The molecule has 0 aliphatic heterocycles. The van der Waals surface area contributed by atoms with Crippen molar-refractivity contribution in [2.45, 2.75) is 6.54 Å². The van der Waals surface area contributed by atoms with E-state index in [4.69, 9.17) is 0 Å². The third-order valence-corrected chi connectivity index (χ3v) is 1.70. The van der Waals surface area contributed by atoms with Crippen LogP contribution in [0.5, 0.6) is 0 Å². The Kier molecular flexibility index (Phi) is 1.63. The van der Waals surface area contributed by atoms with Crippen molar-refractivity contribution in [2.75, 3.05) is 0 Å². The molecule has 0 bridgehead atoms. The predicted octanol–water partition coefficient (Wildman–Crippen LogP) is 1.62. The van der Waals surface area contributed by atoms with E-state index in [1.807, 2.05) is 22.8 Å². The molecule has 0 aliphatic carbocycles. The minimum absolute atomic E-state index is 0.757. The van der Waals surface area contributed by atoms with Crippen LogP contribution in [-0.4, -0.2) is 14.5 Å². The lowest BCUT2D eigenvalue weighted by molar-refractivity contribution is 0.839. The molecular formula is C9H9N3. The molecule has 0 unspecified atom stereocenters. The van der Waals surface area contributed by atoms with Crippen LogP contribution >= 0.6 is 0 Å². The van der Waals surface area contributed by atoms with E-state index in [0.29, 0.717) is 0 Å². The van der Waals surface area contributed by atoms with E-state index < -0.39 is 0 Å². The standard InChI is InChI=1S/C9H9N3/c1-2-6-12-7-11-8-4-3-5-10-9(8)12/h2-5,7H,1,6H2. The van der Waals surface area contributed by atoms with Gasteiger partial charge >= 0.3 is 0 Å². The lowest BCUT2D eigenvalue weighted by Crippen LogP contribution is -1.93. The fourth-order valence-corrected chi connectivity index (χ4v) is 1.17. The second kappa shape index (κ2) is 2.77. The first-order valence-electron chi connectivity index (χ1n) is 3.78. The Hall–Kier alpha value is -1.64. The minimum Gasteiger partial charge on any atom is -0.311 e. The van der Waals surface area contributed by atoms with E-state index in [0.717, 1.165) is 17.7 Å². The number of pyridine rings is 1. The van der Waals surface area contributed by atoms with Crippen LogP contribution in [0.25, 0.3) is 11.2 Å². The van der Waals surface area contributed by atoms with Crippen molar-refractivity contribution in [1.82, 2.24) is 14.5 Å². The third-order valence-electron chi connectivity index (χ3n) is 1.70. The number of nitrogens with zero attached hydrogens (tertiary/aromatic N) is 3. The highest BCUT2D eigenvalue weighted by Gasteiger charge is 1.99. The van der Waals surface area contributed by atoms with Crippen LogP contribution in [0.15, 0.2) is 37.3 Å². The highest BCUT2D eigenvalue weighted by molar-refractivity contribution is 5.69. The van der Waals surface area contributed by atoms with E-state index in [2.05, 4.69) is 16.5 Å². The summed E-state index contributed by atoms with van der Waals surface area (Å²) in [6.45, 7) is 4.42. The van der Waals surface area contributed by atoms with Gasteiger partial charge in [-0.05, 0) is 12.1 Å². The van der Waals surface area contributed by atoms with Crippen LogP contribution in [0.3, 0.4) is 0 Å². The van der Waals surface area contributed by atoms with Gasteiger partial charge in [-0.25, -0.2) is 9.97 Å². The summed E-state index contributed by atoms with van der Waals surface area (Å²) in [7, 11) is 0. The van der Waals surface area contributed by atoms with Crippen LogP contribution in [0.1, 0.15) is 0 Å². The number of imidazole rings is 1. The van der Waals surface area contributed by atoms with Crippen LogP contribution in [0.2, 0.25) is 0 Å². The van der Waals surface area contributed by atoms with Crippen molar-refractivity contribution in [3.63, 3.8) is 0 Å². The molecule has 60 valence electrons. The van der Waals surface area contributed by atoms with E-state index in [9.17, 15) is 0 Å². The van der Waals surface area contributed by atoms with Gasteiger partial charge in [0.2, 0.25) is 0 Å². The molecule has 0 radical (unpaired) electrons. The van der Waals surface area contributed by atoms with Gasteiger partial charge in [0, 0.05) is 12.7 Å². The van der Waals surface area contributed by atoms with Crippen molar-refractivity contribution in [3.05, 3.63) is 37.3 Å². The molecule has 0 atom stereocenters. The third kappa shape index (κ3) is 0.993. The molecule has 2 rings (SSSR count). The highest BCUT2D eigenvalue weighted by atomic mass is 15.1. The van der Waals surface area contributed by atoms with E-state index in [-0.39, 0.29) is 0 Å². The predicted molar refractivity (Wildman–Crippen MR) is 47.7 cm³/mol. The van der Waals surface area contributed by atoms with Crippen molar-refractivity contribution >= 4 is 11.2 Å². The van der Waals surface area contributed by atoms with Crippen LogP contribution in [0, 0.1) is 0 Å². The summed E-state index contributed by atoms with van der Waals surface area (Å²) in [6.07, 6.45) is 5.37. The maximum atomic E-state index is 4.21. The van der Waals surface area contributed by atoms with Crippen molar-refractivity contribution < 1.29 is 0 Å². The zero-order valence-electron chi connectivity index (χ0n) is 6.64. The molecule has 0 saturated carbocycles. The van der Waals surface area contributed by atoms with Crippen molar-refractivity contribution in [3.8, 4) is 0 Å². The first-order valence-corrected chi connectivity index (χ1v) is 3.78. The molecule has 0 fully saturated rings. The summed E-state index contributed by atoms with van der Waals surface area (Å²) in [5, 5.41) is 0. The lowest BCUT2D eigenvalue weighted by Gasteiger charge is -1.95. The number of hydrogen-bond donors (Lipinski definition) is 0. The molecule has 0 amide bonds. The number of aromatic nitrogens is 3. The zero-order valence-corrected chi connectivity index (χ0v) is 6.64. The molecule has 3 heteroatoms. The average molecular weight is 159 g/mol. The van der Waals surface area contributed by atoms with Crippen LogP contribution < -0.4 is 0 Å². The summed E-state index contributed by atoms with van der Waals surface area (Å²) < 4.78 is 1.96. The summed E-state index contributed by atoms with van der Waals surface area (Å²) in [5.74, 6) is 0. The quantitative estimate of drug-likeness (QED) is 0.623. The second-order valence-corrected chi connectivity index (χ2v) is 2.53. The molecule has 2 heterocycles. The number of fused-ring (bicyclic) bond motifs is 1. The normalized spacial score (nSPS) is 10.3. The SMILES string of the molecule is C=CCn1cnc2cccnc21. The zero-order chi connectivity index (χ0) is 8.39. The van der Waals surface area contributed by atoms with E-state index >= 15 is 0 Å². The topological polar surface area (TPSA) is 30.7 Å². The molecule has 3 nitrogen and oxygen atoms in total. The average Bonchev–Trinajstić information content (AvgIpc) is 2.50. The molecule has 0 aliphatic rings. The van der Waals surface area contributed by atoms with Crippen molar-refractivity contribution in [2.24, 2.45) is 0 Å². The van der Waals surface area contributed by atoms with Gasteiger partial charge in [-0.15, -0.1) is 6.58 Å². The largest absolute Gasteiger partial charge is 0.311 e. The fraction of sp³-hybridized carbons (Fsp3) is 0.111. The molecule has 0 saturated heterocycles. The second-order valence-electron chi connectivity index (χ2n) is 2.53. The maximum absolute atomic E-state index is 4.21. The van der Waals surface area contributed by atoms with E-state index in [1.54, 1.807) is 12.5 Å². The Morgan fingerprint density at radius 3 is 3.25 bits per heavy atom. The molecule has 2 aromatic rings. The van der Waals surface area contributed by atoms with Crippen molar-refractivity contribution in [1.29, 1.82) is 0 Å². The van der Waals surface area contributed by atoms with Gasteiger partial charge in [0.25, 0.3) is 0 Å². The van der Waals surface area contributed by atoms with Gasteiger partial charge in [0.1, 0.15) is 5.52 Å². The van der Waals surface area contributed by atoms with Gasteiger partial charge < -0.3 is 4.57 Å². The first-order chi connectivity index (χ1) is 5.92. The molecule has 2 aromatic heterocycles. The summed E-state index contributed by atoms with van der Waals surface area (Å²) in [4.78, 5) is 8.40. The summed E-state index contributed by atoms with van der Waals surface area (Å²) in [6, 6.07) is 3.83. The van der Waals surface area contributed by atoms with Gasteiger partial charge in [0.15, 0.2) is 5.65 Å². The summed E-state index contributed by atoms with van der Waals surface area (Å²) in [5.41, 5.74) is 1.84. The molecular weight excluding hydrogens is 150 g/mol. The number of allylic oxidation sites excluding steroid dienone is 1. The Balaban J connectivity index is 2.62. The highest BCUT2D eigenvalue weighted by Crippen LogP contribution is 2.07. The molecule has 0 N–H and O–H groups in total. The Morgan fingerprint density at radius 2 is 2.42 bits per heavy atom. The van der Waals surface area contributed by atoms with Gasteiger partial charge in [-0.3, -0.25) is 0 Å². The minimum atomic E-state index is 0.757. The Bertz CT molecular complexity index is 403. The smallest absolute Gasteiger partial charge is 0.160 e. The van der Waals surface area contributed by atoms with Gasteiger partial charge in [-0.1, -0.05) is 6.08 Å². The number of hydrogen-bond acceptors (Lipinski definition) is 2. The van der Waals surface area contributed by atoms with Gasteiger partial charge in [0.05, 0.1) is 6.33 Å². The summed E-state index contributed by atoms with van der Waals surface area (Å²) >= 11 is 0. The lowest BCUT2D eigenvalue weighted by atomic mass is 10.4. The van der Waals surface area contributed by atoms with Gasteiger partial charge in [-0.2, -0.15) is 0 Å². The van der Waals surface area contributed by atoms with E-state index in [1.165, 1.54) is 0 Å². The Morgan fingerprint density at radius 1 is 1.50 bits per heavy atom.